The number of amides is 2. The number of hydrogen-bond acceptors (Lipinski definition) is 4. The molecule has 0 aliphatic heterocycles. The molecule has 1 aromatic heterocycles. The summed E-state index contributed by atoms with van der Waals surface area (Å²) in [6.07, 6.45) is 5.56. The monoisotopic (exact) mass is 246 g/mol. The average Bonchev–Trinajstić information content (AvgIpc) is 3.27. The van der Waals surface area contributed by atoms with Crippen LogP contribution in [0.3, 0.4) is 0 Å². The SMILES string of the molecule is O=C(NNC(=O)C1CC1)c1ccnc(C2CC2)n1. The Morgan fingerprint density at radius 3 is 2.61 bits per heavy atom. The predicted molar refractivity (Wildman–Crippen MR) is 62.3 cm³/mol. The van der Waals surface area contributed by atoms with Gasteiger partial charge in [-0.2, -0.15) is 0 Å². The van der Waals surface area contributed by atoms with Crippen molar-refractivity contribution in [2.45, 2.75) is 31.6 Å². The van der Waals surface area contributed by atoms with Crippen LogP contribution in [0.4, 0.5) is 0 Å². The van der Waals surface area contributed by atoms with Crippen molar-refractivity contribution in [1.82, 2.24) is 20.8 Å². The highest BCUT2D eigenvalue weighted by Crippen LogP contribution is 2.37. The molecule has 2 aliphatic rings. The lowest BCUT2D eigenvalue weighted by atomic mass is 10.3. The quantitative estimate of drug-likeness (QED) is 0.762. The second-order valence-electron chi connectivity index (χ2n) is 4.79. The fourth-order valence-corrected chi connectivity index (χ4v) is 1.67. The minimum absolute atomic E-state index is 0.0673. The van der Waals surface area contributed by atoms with E-state index in [-0.39, 0.29) is 11.8 Å². The number of aromatic nitrogens is 2. The summed E-state index contributed by atoms with van der Waals surface area (Å²) in [5.74, 6) is 0.667. The van der Waals surface area contributed by atoms with Crippen LogP contribution in [0.2, 0.25) is 0 Å². The zero-order chi connectivity index (χ0) is 12.5. The third kappa shape index (κ3) is 2.47. The summed E-state index contributed by atoms with van der Waals surface area (Å²) in [5.41, 5.74) is 5.08. The van der Waals surface area contributed by atoms with Crippen molar-refractivity contribution in [1.29, 1.82) is 0 Å². The van der Waals surface area contributed by atoms with Gasteiger partial charge in [-0.3, -0.25) is 20.4 Å². The van der Waals surface area contributed by atoms with Gasteiger partial charge in [-0.15, -0.1) is 0 Å². The van der Waals surface area contributed by atoms with Crippen molar-refractivity contribution in [2.75, 3.05) is 0 Å². The van der Waals surface area contributed by atoms with Gasteiger partial charge in [-0.1, -0.05) is 0 Å². The van der Waals surface area contributed by atoms with E-state index in [0.29, 0.717) is 11.6 Å². The smallest absolute Gasteiger partial charge is 0.273 e. The van der Waals surface area contributed by atoms with Gasteiger partial charge >= 0.3 is 0 Å². The zero-order valence-corrected chi connectivity index (χ0v) is 9.85. The molecule has 0 saturated heterocycles. The first kappa shape index (κ1) is 11.1. The van der Waals surface area contributed by atoms with Gasteiger partial charge in [0.2, 0.25) is 5.91 Å². The summed E-state index contributed by atoms with van der Waals surface area (Å²) in [6.45, 7) is 0. The molecule has 18 heavy (non-hydrogen) atoms. The lowest BCUT2D eigenvalue weighted by Gasteiger charge is -2.06. The van der Waals surface area contributed by atoms with Crippen LogP contribution in [-0.4, -0.2) is 21.8 Å². The van der Waals surface area contributed by atoms with Crippen LogP contribution >= 0.6 is 0 Å². The molecule has 94 valence electrons. The summed E-state index contributed by atoms with van der Waals surface area (Å²) in [4.78, 5) is 31.5. The van der Waals surface area contributed by atoms with Crippen LogP contribution in [0.1, 0.15) is 47.9 Å². The van der Waals surface area contributed by atoms with Gasteiger partial charge in [-0.05, 0) is 31.7 Å². The summed E-state index contributed by atoms with van der Waals surface area (Å²) >= 11 is 0. The molecule has 0 atom stereocenters. The van der Waals surface area contributed by atoms with Crippen molar-refractivity contribution < 1.29 is 9.59 Å². The molecular formula is C12H14N4O2. The van der Waals surface area contributed by atoms with Crippen LogP contribution < -0.4 is 10.9 Å². The topological polar surface area (TPSA) is 84.0 Å². The van der Waals surface area contributed by atoms with E-state index in [4.69, 9.17) is 0 Å². The van der Waals surface area contributed by atoms with Crippen LogP contribution in [0.15, 0.2) is 12.3 Å². The van der Waals surface area contributed by atoms with Crippen molar-refractivity contribution in [3.8, 4) is 0 Å². The zero-order valence-electron chi connectivity index (χ0n) is 9.85. The standard InChI is InChI=1S/C12H14N4O2/c17-11(8-3-4-8)15-16-12(18)9-5-6-13-10(14-9)7-1-2-7/h5-8H,1-4H2,(H,15,17)(H,16,18). The molecule has 6 heteroatoms. The molecule has 1 aromatic rings. The van der Waals surface area contributed by atoms with Gasteiger partial charge in [0, 0.05) is 18.0 Å². The molecule has 2 fully saturated rings. The minimum atomic E-state index is -0.395. The molecule has 2 aliphatic carbocycles. The number of nitrogens with one attached hydrogen (secondary N) is 2. The summed E-state index contributed by atoms with van der Waals surface area (Å²) in [6, 6.07) is 1.55. The number of nitrogens with zero attached hydrogens (tertiary/aromatic N) is 2. The van der Waals surface area contributed by atoms with E-state index in [1.165, 1.54) is 0 Å². The molecule has 6 nitrogen and oxygen atoms in total. The third-order valence-corrected chi connectivity index (χ3v) is 3.10. The Labute approximate surface area is 104 Å². The van der Waals surface area contributed by atoms with Crippen molar-refractivity contribution in [3.63, 3.8) is 0 Å². The number of hydrogen-bond donors (Lipinski definition) is 2. The van der Waals surface area contributed by atoms with Gasteiger partial charge in [0.25, 0.3) is 5.91 Å². The Bertz CT molecular complexity index is 495. The number of carbonyl (C=O) groups is 2. The second kappa shape index (κ2) is 4.36. The van der Waals surface area contributed by atoms with Gasteiger partial charge in [-0.25, -0.2) is 9.97 Å². The van der Waals surface area contributed by atoms with Gasteiger partial charge in [0.05, 0.1) is 0 Å². The van der Waals surface area contributed by atoms with Crippen molar-refractivity contribution in [2.24, 2.45) is 5.92 Å². The molecule has 3 rings (SSSR count). The minimum Gasteiger partial charge on any atom is -0.273 e. The number of rotatable bonds is 3. The maximum atomic E-state index is 11.8. The molecule has 0 unspecified atom stereocenters. The van der Waals surface area contributed by atoms with E-state index in [1.54, 1.807) is 12.3 Å². The van der Waals surface area contributed by atoms with Crippen LogP contribution in [0, 0.1) is 5.92 Å². The van der Waals surface area contributed by atoms with E-state index in [9.17, 15) is 9.59 Å². The molecule has 0 radical (unpaired) electrons. The van der Waals surface area contributed by atoms with E-state index in [1.807, 2.05) is 0 Å². The molecular weight excluding hydrogens is 232 g/mol. The van der Waals surface area contributed by atoms with E-state index >= 15 is 0 Å². The maximum absolute atomic E-state index is 11.8. The third-order valence-electron chi connectivity index (χ3n) is 3.10. The van der Waals surface area contributed by atoms with Crippen LogP contribution in [0.25, 0.3) is 0 Å². The molecule has 0 spiro atoms. The molecule has 0 aromatic carbocycles. The van der Waals surface area contributed by atoms with Gasteiger partial charge < -0.3 is 0 Å². The van der Waals surface area contributed by atoms with Crippen LogP contribution in [0.5, 0.6) is 0 Å². The first-order valence-electron chi connectivity index (χ1n) is 6.17. The molecule has 2 amide bonds. The molecule has 0 bridgehead atoms. The van der Waals surface area contributed by atoms with E-state index in [0.717, 1.165) is 31.5 Å². The normalized spacial score (nSPS) is 18.2. The fraction of sp³-hybridized carbons (Fsp3) is 0.500. The van der Waals surface area contributed by atoms with Crippen LogP contribution in [-0.2, 0) is 4.79 Å². The van der Waals surface area contributed by atoms with Crippen molar-refractivity contribution in [3.05, 3.63) is 23.8 Å². The van der Waals surface area contributed by atoms with E-state index in [2.05, 4.69) is 20.8 Å². The predicted octanol–water partition coefficient (Wildman–Crippen LogP) is 0.525. The first-order valence-corrected chi connectivity index (χ1v) is 6.17. The highest BCUT2D eigenvalue weighted by atomic mass is 16.2. The lowest BCUT2D eigenvalue weighted by Crippen LogP contribution is -2.42. The Morgan fingerprint density at radius 1 is 1.17 bits per heavy atom. The fourth-order valence-electron chi connectivity index (χ4n) is 1.67. The summed E-state index contributed by atoms with van der Waals surface area (Å²) < 4.78 is 0. The average molecular weight is 246 g/mol. The van der Waals surface area contributed by atoms with Crippen molar-refractivity contribution >= 4 is 11.8 Å². The highest BCUT2D eigenvalue weighted by Gasteiger charge is 2.30. The summed E-state index contributed by atoms with van der Waals surface area (Å²) in [5, 5.41) is 0. The summed E-state index contributed by atoms with van der Waals surface area (Å²) in [7, 11) is 0. The Hall–Kier alpha value is -1.98. The largest absolute Gasteiger partial charge is 0.288 e. The van der Waals surface area contributed by atoms with Gasteiger partial charge in [0.1, 0.15) is 11.5 Å². The molecule has 2 N–H and O–H groups in total. The Balaban J connectivity index is 1.60. The second-order valence-corrected chi connectivity index (χ2v) is 4.79. The molecule has 1 heterocycles. The number of carbonyl (C=O) groups excluding carboxylic acids is 2. The maximum Gasteiger partial charge on any atom is 0.288 e. The first-order chi connectivity index (χ1) is 8.74. The van der Waals surface area contributed by atoms with E-state index < -0.39 is 5.91 Å². The Morgan fingerprint density at radius 2 is 1.94 bits per heavy atom. The molecule has 2 saturated carbocycles. The number of hydrazine groups is 1. The Kier molecular flexibility index (Phi) is 2.70. The lowest BCUT2D eigenvalue weighted by molar-refractivity contribution is -0.123. The highest BCUT2D eigenvalue weighted by molar-refractivity contribution is 5.94. The van der Waals surface area contributed by atoms with Gasteiger partial charge in [0.15, 0.2) is 0 Å².